The molecule has 1 unspecified atom stereocenters. The molecular weight excluding hydrogens is 268 g/mol. The van der Waals surface area contributed by atoms with Crippen molar-refractivity contribution < 1.29 is 20.1 Å². The van der Waals surface area contributed by atoms with Crippen LogP contribution >= 0.6 is 0 Å². The van der Waals surface area contributed by atoms with Gasteiger partial charge in [-0.3, -0.25) is 4.57 Å². The highest BCUT2D eigenvalue weighted by atomic mass is 16.6. The highest BCUT2D eigenvalue weighted by Gasteiger charge is 2.44. The molecular formula is C10H14N6O4. The molecule has 10 heteroatoms. The number of nitrogens with two attached hydrogens (primary N) is 2. The number of aliphatic hydroxyl groups excluding tert-OH is 3. The first-order valence-electron chi connectivity index (χ1n) is 5.91. The van der Waals surface area contributed by atoms with Gasteiger partial charge in [-0.25, -0.2) is 4.98 Å². The van der Waals surface area contributed by atoms with Crippen LogP contribution in [-0.4, -0.2) is 59.8 Å². The summed E-state index contributed by atoms with van der Waals surface area (Å²) in [4.78, 5) is 11.8. The first-order valence-corrected chi connectivity index (χ1v) is 5.91. The number of aliphatic hydroxyl groups is 3. The topological polar surface area (TPSA) is 166 Å². The Morgan fingerprint density at radius 3 is 2.65 bits per heavy atom. The van der Waals surface area contributed by atoms with Gasteiger partial charge in [-0.15, -0.1) is 0 Å². The number of ether oxygens (including phenoxy) is 1. The second-order valence-corrected chi connectivity index (χ2v) is 4.52. The van der Waals surface area contributed by atoms with Crippen molar-refractivity contribution in [2.24, 2.45) is 0 Å². The number of nitrogen functional groups attached to an aromatic ring is 2. The van der Waals surface area contributed by atoms with E-state index in [0.717, 1.165) is 0 Å². The van der Waals surface area contributed by atoms with E-state index in [2.05, 4.69) is 15.0 Å². The minimum atomic E-state index is -1.23. The highest BCUT2D eigenvalue weighted by Crippen LogP contribution is 2.31. The van der Waals surface area contributed by atoms with Crippen LogP contribution in [-0.2, 0) is 4.74 Å². The van der Waals surface area contributed by atoms with Crippen molar-refractivity contribution in [2.75, 3.05) is 18.1 Å². The van der Waals surface area contributed by atoms with Crippen molar-refractivity contribution in [1.29, 1.82) is 0 Å². The molecule has 1 aliphatic heterocycles. The first-order chi connectivity index (χ1) is 9.52. The van der Waals surface area contributed by atoms with Gasteiger partial charge in [-0.05, 0) is 0 Å². The van der Waals surface area contributed by atoms with Gasteiger partial charge in [0.05, 0.1) is 12.9 Å². The van der Waals surface area contributed by atoms with Gasteiger partial charge in [0.2, 0.25) is 5.95 Å². The predicted molar refractivity (Wildman–Crippen MR) is 67.2 cm³/mol. The Bertz CT molecular complexity index is 646. The first kappa shape index (κ1) is 13.0. The van der Waals surface area contributed by atoms with Gasteiger partial charge < -0.3 is 31.5 Å². The van der Waals surface area contributed by atoms with Crippen LogP contribution in [0.4, 0.5) is 11.8 Å². The molecule has 0 aliphatic carbocycles. The number of hydrogen-bond acceptors (Lipinski definition) is 9. The summed E-state index contributed by atoms with van der Waals surface area (Å²) in [5.41, 5.74) is 11.8. The fraction of sp³-hybridized carbons (Fsp3) is 0.500. The molecule has 1 fully saturated rings. The molecule has 7 N–H and O–H groups in total. The molecule has 20 heavy (non-hydrogen) atoms. The number of hydrogen-bond donors (Lipinski definition) is 5. The molecule has 0 bridgehead atoms. The van der Waals surface area contributed by atoms with E-state index in [0.29, 0.717) is 5.52 Å². The summed E-state index contributed by atoms with van der Waals surface area (Å²) >= 11 is 0. The van der Waals surface area contributed by atoms with Crippen LogP contribution in [0.1, 0.15) is 6.23 Å². The van der Waals surface area contributed by atoms with Crippen molar-refractivity contribution in [3.05, 3.63) is 6.33 Å². The maximum absolute atomic E-state index is 9.99. The molecule has 2 aromatic heterocycles. The molecule has 1 saturated heterocycles. The lowest BCUT2D eigenvalue weighted by molar-refractivity contribution is -0.0511. The van der Waals surface area contributed by atoms with E-state index in [1.165, 1.54) is 10.9 Å². The molecule has 0 saturated carbocycles. The minimum Gasteiger partial charge on any atom is -0.394 e. The van der Waals surface area contributed by atoms with Gasteiger partial charge in [-0.1, -0.05) is 0 Å². The third-order valence-electron chi connectivity index (χ3n) is 3.26. The fourth-order valence-corrected chi connectivity index (χ4v) is 2.25. The van der Waals surface area contributed by atoms with E-state index in [1.807, 2.05) is 0 Å². The highest BCUT2D eigenvalue weighted by molar-refractivity contribution is 5.82. The zero-order valence-corrected chi connectivity index (χ0v) is 10.3. The summed E-state index contributed by atoms with van der Waals surface area (Å²) in [6.07, 6.45) is -2.92. The summed E-state index contributed by atoms with van der Waals surface area (Å²) in [7, 11) is 0. The van der Waals surface area contributed by atoms with Gasteiger partial charge in [0.15, 0.2) is 17.7 Å². The van der Waals surface area contributed by atoms with E-state index in [4.69, 9.17) is 21.3 Å². The SMILES string of the molecule is Nc1nc(N)c2ncn([C@@H]3OC(CO)[C@@H](O)[C@H]3O)c2n1. The molecule has 0 radical (unpaired) electrons. The second kappa shape index (κ2) is 4.52. The van der Waals surface area contributed by atoms with Crippen LogP contribution in [0.2, 0.25) is 0 Å². The molecule has 3 rings (SSSR count). The summed E-state index contributed by atoms with van der Waals surface area (Å²) in [6.45, 7) is -0.416. The second-order valence-electron chi connectivity index (χ2n) is 4.52. The average molecular weight is 282 g/mol. The van der Waals surface area contributed by atoms with E-state index >= 15 is 0 Å². The zero-order valence-electron chi connectivity index (χ0n) is 10.3. The molecule has 1 aliphatic rings. The Labute approximate surface area is 112 Å². The Kier molecular flexibility index (Phi) is 2.94. The molecule has 2 aromatic rings. The van der Waals surface area contributed by atoms with Gasteiger partial charge in [0.25, 0.3) is 0 Å². The van der Waals surface area contributed by atoms with E-state index in [9.17, 15) is 10.2 Å². The molecule has 10 nitrogen and oxygen atoms in total. The lowest BCUT2D eigenvalue weighted by Crippen LogP contribution is -2.33. The molecule has 0 spiro atoms. The van der Waals surface area contributed by atoms with Crippen LogP contribution in [0, 0.1) is 0 Å². The Morgan fingerprint density at radius 1 is 1.25 bits per heavy atom. The third-order valence-corrected chi connectivity index (χ3v) is 3.26. The minimum absolute atomic E-state index is 0.0384. The predicted octanol–water partition coefficient (Wildman–Crippen LogP) is -2.40. The van der Waals surface area contributed by atoms with Crippen molar-refractivity contribution in [3.63, 3.8) is 0 Å². The zero-order chi connectivity index (χ0) is 14.4. The molecule has 4 atom stereocenters. The number of anilines is 2. The maximum atomic E-state index is 9.99. The molecule has 108 valence electrons. The summed E-state index contributed by atoms with van der Waals surface area (Å²) in [5, 5.41) is 28.8. The summed E-state index contributed by atoms with van der Waals surface area (Å²) < 4.78 is 6.79. The normalized spacial score (nSPS) is 30.1. The quantitative estimate of drug-likeness (QED) is 0.403. The molecule has 0 amide bonds. The van der Waals surface area contributed by atoms with Crippen LogP contribution < -0.4 is 11.5 Å². The van der Waals surface area contributed by atoms with Gasteiger partial charge in [0.1, 0.15) is 23.8 Å². The van der Waals surface area contributed by atoms with Crippen molar-refractivity contribution in [3.8, 4) is 0 Å². The maximum Gasteiger partial charge on any atom is 0.224 e. The standard InChI is InChI=1S/C10H14N6O4/c11-7-4-8(15-10(12)14-7)16(2-13-4)9-6(19)5(18)3(1-17)20-9/h2-3,5-6,9,17-19H,1H2,(H4,11,12,14,15)/t3?,5-,6-,9-/m1/s1. The number of fused-ring (bicyclic) bond motifs is 1. The molecule has 0 aromatic carbocycles. The smallest absolute Gasteiger partial charge is 0.224 e. The monoisotopic (exact) mass is 282 g/mol. The number of rotatable bonds is 2. The van der Waals surface area contributed by atoms with Gasteiger partial charge >= 0.3 is 0 Å². The van der Waals surface area contributed by atoms with E-state index in [1.54, 1.807) is 0 Å². The largest absolute Gasteiger partial charge is 0.394 e. The lowest BCUT2D eigenvalue weighted by Gasteiger charge is -2.16. The third kappa shape index (κ3) is 1.78. The number of nitrogens with zero attached hydrogens (tertiary/aromatic N) is 4. The fourth-order valence-electron chi connectivity index (χ4n) is 2.25. The summed E-state index contributed by atoms with van der Waals surface area (Å²) in [5.74, 6) is 0.0708. The van der Waals surface area contributed by atoms with E-state index in [-0.39, 0.29) is 17.4 Å². The summed E-state index contributed by atoms with van der Waals surface area (Å²) in [6, 6.07) is 0. The Morgan fingerprint density at radius 2 is 2.00 bits per heavy atom. The number of imidazole rings is 1. The lowest BCUT2D eigenvalue weighted by atomic mass is 10.1. The van der Waals surface area contributed by atoms with Crippen LogP contribution in [0.3, 0.4) is 0 Å². The van der Waals surface area contributed by atoms with E-state index < -0.39 is 31.1 Å². The molecule has 3 heterocycles. The van der Waals surface area contributed by atoms with Crippen molar-refractivity contribution >= 4 is 22.9 Å². The van der Waals surface area contributed by atoms with Crippen LogP contribution in [0.15, 0.2) is 6.33 Å². The van der Waals surface area contributed by atoms with Gasteiger partial charge in [-0.2, -0.15) is 9.97 Å². The van der Waals surface area contributed by atoms with Gasteiger partial charge in [0, 0.05) is 0 Å². The Balaban J connectivity index is 2.07. The Hall–Kier alpha value is -2.01. The number of aromatic nitrogens is 4. The van der Waals surface area contributed by atoms with Crippen molar-refractivity contribution in [1.82, 2.24) is 19.5 Å². The van der Waals surface area contributed by atoms with Crippen LogP contribution in [0.25, 0.3) is 11.2 Å². The van der Waals surface area contributed by atoms with Crippen LogP contribution in [0.5, 0.6) is 0 Å². The van der Waals surface area contributed by atoms with Crippen molar-refractivity contribution in [2.45, 2.75) is 24.5 Å². The average Bonchev–Trinajstić information content (AvgIpc) is 2.93.